The summed E-state index contributed by atoms with van der Waals surface area (Å²) in [5.74, 6) is -0.438. The van der Waals surface area contributed by atoms with Crippen molar-refractivity contribution in [1.82, 2.24) is 9.78 Å². The zero-order chi connectivity index (χ0) is 15.7. The predicted molar refractivity (Wildman–Crippen MR) is 85.1 cm³/mol. The van der Waals surface area contributed by atoms with Crippen molar-refractivity contribution in [2.75, 3.05) is 5.73 Å². The van der Waals surface area contributed by atoms with Gasteiger partial charge >= 0.3 is 5.97 Å². The topological polar surface area (TPSA) is 81.1 Å². The van der Waals surface area contributed by atoms with Crippen LogP contribution in [0.2, 0.25) is 0 Å². The molecule has 2 aromatic carbocycles. The first-order valence-corrected chi connectivity index (χ1v) is 6.80. The summed E-state index contributed by atoms with van der Waals surface area (Å²) in [5.41, 5.74) is 10.2. The Balaban J connectivity index is 1.99. The summed E-state index contributed by atoms with van der Waals surface area (Å²) in [6, 6.07) is 14.5. The molecule has 0 spiro atoms. The molecule has 1 aromatic heterocycles. The largest absolute Gasteiger partial charge is 0.478 e. The zero-order valence-electron chi connectivity index (χ0n) is 12.0. The van der Waals surface area contributed by atoms with Gasteiger partial charge < -0.3 is 10.8 Å². The first kappa shape index (κ1) is 13.9. The van der Waals surface area contributed by atoms with E-state index in [1.165, 1.54) is 17.7 Å². The fraction of sp³-hybridized carbons (Fsp3) is 0.0588. The SMILES string of the molecule is Cc1ccc(-c2cnn(-c3ccc(C(=O)O)cc3)c2N)cc1. The Kier molecular flexibility index (Phi) is 3.39. The fourth-order valence-electron chi connectivity index (χ4n) is 2.26. The molecule has 110 valence electrons. The number of hydrogen-bond acceptors (Lipinski definition) is 3. The maximum absolute atomic E-state index is 10.9. The van der Waals surface area contributed by atoms with Gasteiger partial charge in [-0.3, -0.25) is 0 Å². The number of aryl methyl sites for hydroxylation is 1. The van der Waals surface area contributed by atoms with Gasteiger partial charge in [-0.15, -0.1) is 0 Å². The minimum absolute atomic E-state index is 0.230. The van der Waals surface area contributed by atoms with Crippen molar-refractivity contribution in [3.8, 4) is 16.8 Å². The van der Waals surface area contributed by atoms with Gasteiger partial charge in [0, 0.05) is 5.56 Å². The van der Waals surface area contributed by atoms with Crippen LogP contribution in [0.3, 0.4) is 0 Å². The number of carboxylic acids is 1. The van der Waals surface area contributed by atoms with Crippen LogP contribution in [-0.4, -0.2) is 20.9 Å². The van der Waals surface area contributed by atoms with Crippen LogP contribution in [0, 0.1) is 6.92 Å². The number of nitrogen functional groups attached to an aromatic ring is 1. The Hall–Kier alpha value is -3.08. The third-order valence-corrected chi connectivity index (χ3v) is 3.53. The zero-order valence-corrected chi connectivity index (χ0v) is 12.0. The summed E-state index contributed by atoms with van der Waals surface area (Å²) in [5, 5.41) is 13.2. The molecule has 0 amide bonds. The van der Waals surface area contributed by atoms with Gasteiger partial charge in [0.2, 0.25) is 0 Å². The molecule has 0 radical (unpaired) electrons. The number of rotatable bonds is 3. The first-order chi connectivity index (χ1) is 10.6. The summed E-state index contributed by atoms with van der Waals surface area (Å²) < 4.78 is 1.60. The van der Waals surface area contributed by atoms with Crippen molar-refractivity contribution in [2.45, 2.75) is 6.92 Å². The number of carboxylic acid groups (broad SMARTS) is 1. The Morgan fingerprint density at radius 1 is 1.09 bits per heavy atom. The molecule has 5 nitrogen and oxygen atoms in total. The lowest BCUT2D eigenvalue weighted by Crippen LogP contribution is -2.03. The molecular formula is C17H15N3O2. The highest BCUT2D eigenvalue weighted by Crippen LogP contribution is 2.27. The van der Waals surface area contributed by atoms with Crippen LogP contribution < -0.4 is 5.73 Å². The number of aromatic carboxylic acids is 1. The second-order valence-corrected chi connectivity index (χ2v) is 5.07. The molecule has 0 bridgehead atoms. The van der Waals surface area contributed by atoms with E-state index >= 15 is 0 Å². The van der Waals surface area contributed by atoms with Crippen LogP contribution in [0.15, 0.2) is 54.7 Å². The van der Waals surface area contributed by atoms with Gasteiger partial charge in [0.15, 0.2) is 0 Å². The molecule has 0 atom stereocenters. The molecule has 0 saturated carbocycles. The molecule has 0 fully saturated rings. The number of nitrogens with zero attached hydrogens (tertiary/aromatic N) is 2. The van der Waals surface area contributed by atoms with Crippen LogP contribution in [0.1, 0.15) is 15.9 Å². The average molecular weight is 293 g/mol. The van der Waals surface area contributed by atoms with Crippen molar-refractivity contribution < 1.29 is 9.90 Å². The Bertz CT molecular complexity index is 818. The molecular weight excluding hydrogens is 278 g/mol. The molecule has 3 N–H and O–H groups in total. The summed E-state index contributed by atoms with van der Waals surface area (Å²) in [4.78, 5) is 10.9. The first-order valence-electron chi connectivity index (χ1n) is 6.80. The molecule has 0 aliphatic rings. The minimum atomic E-state index is -0.958. The molecule has 0 aliphatic heterocycles. The summed E-state index contributed by atoms with van der Waals surface area (Å²) >= 11 is 0. The quantitative estimate of drug-likeness (QED) is 0.777. The molecule has 3 rings (SSSR count). The predicted octanol–water partition coefficient (Wildman–Crippen LogP) is 3.13. The standard InChI is InChI=1S/C17H15N3O2/c1-11-2-4-12(5-3-11)15-10-19-20(16(15)18)14-8-6-13(7-9-14)17(21)22/h2-10H,18H2,1H3,(H,21,22). The van der Waals surface area contributed by atoms with Crippen LogP contribution in [0.4, 0.5) is 5.82 Å². The highest BCUT2D eigenvalue weighted by Gasteiger charge is 2.11. The maximum atomic E-state index is 10.9. The molecule has 22 heavy (non-hydrogen) atoms. The number of nitrogens with two attached hydrogens (primary N) is 1. The van der Waals surface area contributed by atoms with Gasteiger partial charge in [0.1, 0.15) is 5.82 Å². The lowest BCUT2D eigenvalue weighted by molar-refractivity contribution is 0.0697. The Morgan fingerprint density at radius 2 is 1.73 bits per heavy atom. The van der Waals surface area contributed by atoms with E-state index in [1.54, 1.807) is 23.0 Å². The van der Waals surface area contributed by atoms with E-state index < -0.39 is 5.97 Å². The van der Waals surface area contributed by atoms with Gasteiger partial charge in [-0.2, -0.15) is 5.10 Å². The summed E-state index contributed by atoms with van der Waals surface area (Å²) in [7, 11) is 0. The van der Waals surface area contributed by atoms with Crippen molar-refractivity contribution in [3.05, 3.63) is 65.9 Å². The van der Waals surface area contributed by atoms with Gasteiger partial charge in [-0.1, -0.05) is 29.8 Å². The normalized spacial score (nSPS) is 10.6. The lowest BCUT2D eigenvalue weighted by atomic mass is 10.1. The van der Waals surface area contributed by atoms with E-state index in [0.717, 1.165) is 16.8 Å². The van der Waals surface area contributed by atoms with Gasteiger partial charge in [0.25, 0.3) is 0 Å². The van der Waals surface area contributed by atoms with Crippen LogP contribution in [0.5, 0.6) is 0 Å². The van der Waals surface area contributed by atoms with Gasteiger partial charge in [0.05, 0.1) is 17.4 Å². The van der Waals surface area contributed by atoms with E-state index in [0.29, 0.717) is 5.82 Å². The second-order valence-electron chi connectivity index (χ2n) is 5.07. The number of aromatic nitrogens is 2. The van der Waals surface area contributed by atoms with Crippen molar-refractivity contribution in [1.29, 1.82) is 0 Å². The molecule has 0 unspecified atom stereocenters. The van der Waals surface area contributed by atoms with Crippen LogP contribution in [0.25, 0.3) is 16.8 Å². The highest BCUT2D eigenvalue weighted by molar-refractivity contribution is 5.87. The molecule has 1 heterocycles. The van der Waals surface area contributed by atoms with E-state index in [2.05, 4.69) is 5.10 Å². The highest BCUT2D eigenvalue weighted by atomic mass is 16.4. The van der Waals surface area contributed by atoms with Gasteiger partial charge in [-0.25, -0.2) is 9.48 Å². The smallest absolute Gasteiger partial charge is 0.335 e. The van der Waals surface area contributed by atoms with E-state index in [9.17, 15) is 4.79 Å². The van der Waals surface area contributed by atoms with Crippen molar-refractivity contribution in [3.63, 3.8) is 0 Å². The molecule has 5 heteroatoms. The number of anilines is 1. The molecule has 0 aliphatic carbocycles. The van der Waals surface area contributed by atoms with Crippen LogP contribution >= 0.6 is 0 Å². The third-order valence-electron chi connectivity index (χ3n) is 3.53. The monoisotopic (exact) mass is 293 g/mol. The number of benzene rings is 2. The van der Waals surface area contributed by atoms with E-state index in [-0.39, 0.29) is 5.56 Å². The molecule has 0 saturated heterocycles. The fourth-order valence-corrected chi connectivity index (χ4v) is 2.26. The van der Waals surface area contributed by atoms with Gasteiger partial charge in [-0.05, 0) is 36.8 Å². The minimum Gasteiger partial charge on any atom is -0.478 e. The second kappa shape index (κ2) is 5.37. The Labute approximate surface area is 127 Å². The summed E-state index contributed by atoms with van der Waals surface area (Å²) in [6.45, 7) is 2.03. The third kappa shape index (κ3) is 2.44. The lowest BCUT2D eigenvalue weighted by Gasteiger charge is -2.06. The molecule has 3 aromatic rings. The number of carbonyl (C=O) groups is 1. The summed E-state index contributed by atoms with van der Waals surface area (Å²) in [6.07, 6.45) is 1.71. The van der Waals surface area contributed by atoms with Crippen molar-refractivity contribution >= 4 is 11.8 Å². The van der Waals surface area contributed by atoms with E-state index in [4.69, 9.17) is 10.8 Å². The Morgan fingerprint density at radius 3 is 2.32 bits per heavy atom. The average Bonchev–Trinajstić information content (AvgIpc) is 2.90. The van der Waals surface area contributed by atoms with E-state index in [1.807, 2.05) is 31.2 Å². The van der Waals surface area contributed by atoms with Crippen molar-refractivity contribution in [2.24, 2.45) is 0 Å². The maximum Gasteiger partial charge on any atom is 0.335 e. The van der Waals surface area contributed by atoms with Crippen LogP contribution in [-0.2, 0) is 0 Å². The number of hydrogen-bond donors (Lipinski definition) is 2.